The number of ether oxygens (including phenoxy) is 1. The van der Waals surface area contributed by atoms with Crippen molar-refractivity contribution in [2.24, 2.45) is 5.73 Å². The minimum atomic E-state index is -1.05. The van der Waals surface area contributed by atoms with Crippen LogP contribution in [0.2, 0.25) is 0 Å². The highest BCUT2D eigenvalue weighted by Gasteiger charge is 2.28. The summed E-state index contributed by atoms with van der Waals surface area (Å²) in [7, 11) is 0. The van der Waals surface area contributed by atoms with E-state index in [0.29, 0.717) is 13.1 Å². The summed E-state index contributed by atoms with van der Waals surface area (Å²) < 4.78 is 33.5. The summed E-state index contributed by atoms with van der Waals surface area (Å²) in [6.45, 7) is 2.35. The van der Waals surface area contributed by atoms with Gasteiger partial charge in [0.2, 0.25) is 0 Å². The van der Waals surface area contributed by atoms with Gasteiger partial charge in [0, 0.05) is 18.7 Å². The first-order chi connectivity index (χ1) is 9.43. The molecule has 0 saturated carbocycles. The molecule has 7 heteroatoms. The molecule has 2 rings (SSSR count). The third-order valence-corrected chi connectivity index (χ3v) is 3.42. The van der Waals surface area contributed by atoms with Crippen molar-refractivity contribution in [3.05, 3.63) is 29.3 Å². The summed E-state index contributed by atoms with van der Waals surface area (Å²) >= 11 is 4.67. The number of halogens is 2. The number of nitrogens with zero attached hydrogens (tertiary/aromatic N) is 1. The van der Waals surface area contributed by atoms with E-state index in [1.807, 2.05) is 6.92 Å². The zero-order valence-corrected chi connectivity index (χ0v) is 11.8. The molecule has 0 radical (unpaired) electrons. The van der Waals surface area contributed by atoms with Gasteiger partial charge in [-0.3, -0.25) is 0 Å². The van der Waals surface area contributed by atoms with E-state index in [-0.39, 0.29) is 29.0 Å². The predicted octanol–water partition coefficient (Wildman–Crippen LogP) is 1.19. The number of hydrogen-bond donors (Lipinski definition) is 2. The normalized spacial score (nSPS) is 22.9. The lowest BCUT2D eigenvalue weighted by atomic mass is 10.1. The molecule has 1 saturated heterocycles. The second-order valence-corrected chi connectivity index (χ2v) is 5.22. The zero-order valence-electron chi connectivity index (χ0n) is 11.0. The maximum Gasteiger partial charge on any atom is 0.182 e. The Labute approximate surface area is 121 Å². The van der Waals surface area contributed by atoms with E-state index in [4.69, 9.17) is 15.6 Å². The Morgan fingerprint density at radius 1 is 1.45 bits per heavy atom. The Kier molecular flexibility index (Phi) is 4.52. The number of benzene rings is 1. The van der Waals surface area contributed by atoms with Gasteiger partial charge in [-0.25, -0.2) is 8.78 Å². The third kappa shape index (κ3) is 2.89. The molecule has 0 spiro atoms. The van der Waals surface area contributed by atoms with Crippen LogP contribution in [-0.4, -0.2) is 42.0 Å². The molecule has 0 bridgehead atoms. The van der Waals surface area contributed by atoms with Gasteiger partial charge in [-0.15, -0.1) is 0 Å². The first kappa shape index (κ1) is 15.1. The minimum absolute atomic E-state index is 0.110. The third-order valence-electron chi connectivity index (χ3n) is 3.20. The fraction of sp³-hybridized carbons (Fsp3) is 0.462. The van der Waals surface area contributed by atoms with E-state index in [1.54, 1.807) is 4.90 Å². The van der Waals surface area contributed by atoms with Gasteiger partial charge in [0.05, 0.1) is 24.5 Å². The van der Waals surface area contributed by atoms with Crippen molar-refractivity contribution in [1.29, 1.82) is 0 Å². The number of morpholine rings is 1. The number of anilines is 1. The second-order valence-electron chi connectivity index (χ2n) is 4.78. The van der Waals surface area contributed by atoms with Crippen molar-refractivity contribution in [3.8, 4) is 0 Å². The number of thiocarbonyl (C=S) groups is 1. The smallest absolute Gasteiger partial charge is 0.182 e. The molecule has 0 aromatic heterocycles. The molecule has 0 amide bonds. The van der Waals surface area contributed by atoms with Gasteiger partial charge >= 0.3 is 0 Å². The molecule has 3 N–H and O–H groups in total. The van der Waals surface area contributed by atoms with Crippen LogP contribution in [-0.2, 0) is 4.74 Å². The van der Waals surface area contributed by atoms with Crippen molar-refractivity contribution < 1.29 is 18.6 Å². The molecule has 20 heavy (non-hydrogen) atoms. The SMILES string of the molecule is CC1CN(c2ccc(C(N)=S)c(F)c2F)CC(CO)O1. The molecular formula is C13H16F2N2O2S. The number of aliphatic hydroxyl groups excluding tert-OH is 1. The highest BCUT2D eigenvalue weighted by Crippen LogP contribution is 2.27. The lowest BCUT2D eigenvalue weighted by Gasteiger charge is -2.37. The lowest BCUT2D eigenvalue weighted by molar-refractivity contribution is -0.0422. The maximum absolute atomic E-state index is 14.1. The van der Waals surface area contributed by atoms with E-state index >= 15 is 0 Å². The van der Waals surface area contributed by atoms with E-state index in [0.717, 1.165) is 0 Å². The monoisotopic (exact) mass is 302 g/mol. The molecule has 0 aliphatic carbocycles. The summed E-state index contributed by atoms with van der Waals surface area (Å²) in [4.78, 5) is 1.47. The van der Waals surface area contributed by atoms with E-state index in [2.05, 4.69) is 12.2 Å². The Bertz CT molecular complexity index is 527. The van der Waals surface area contributed by atoms with Crippen molar-refractivity contribution in [1.82, 2.24) is 0 Å². The first-order valence-corrected chi connectivity index (χ1v) is 6.64. The zero-order chi connectivity index (χ0) is 14.9. The van der Waals surface area contributed by atoms with Gasteiger partial charge in [-0.2, -0.15) is 0 Å². The molecule has 4 nitrogen and oxygen atoms in total. The van der Waals surface area contributed by atoms with E-state index < -0.39 is 17.7 Å². The Balaban J connectivity index is 2.33. The molecule has 1 aromatic carbocycles. The first-order valence-electron chi connectivity index (χ1n) is 6.23. The average molecular weight is 302 g/mol. The fourth-order valence-corrected chi connectivity index (χ4v) is 2.47. The van der Waals surface area contributed by atoms with E-state index in [1.165, 1.54) is 12.1 Å². The van der Waals surface area contributed by atoms with Crippen molar-refractivity contribution in [2.75, 3.05) is 24.6 Å². The van der Waals surface area contributed by atoms with Gasteiger partial charge in [-0.05, 0) is 19.1 Å². The highest BCUT2D eigenvalue weighted by molar-refractivity contribution is 7.80. The molecule has 110 valence electrons. The van der Waals surface area contributed by atoms with Crippen molar-refractivity contribution in [2.45, 2.75) is 19.1 Å². The number of hydrogen-bond acceptors (Lipinski definition) is 4. The van der Waals surface area contributed by atoms with Crippen LogP contribution in [0.25, 0.3) is 0 Å². The summed E-state index contributed by atoms with van der Waals surface area (Å²) in [5, 5.41) is 9.16. The van der Waals surface area contributed by atoms with Gasteiger partial charge in [0.1, 0.15) is 4.99 Å². The van der Waals surface area contributed by atoms with Gasteiger partial charge < -0.3 is 20.5 Å². The highest BCUT2D eigenvalue weighted by atomic mass is 32.1. The van der Waals surface area contributed by atoms with Crippen LogP contribution in [0.1, 0.15) is 12.5 Å². The molecular weight excluding hydrogens is 286 g/mol. The molecule has 1 aromatic rings. The van der Waals surface area contributed by atoms with Crippen LogP contribution in [0, 0.1) is 11.6 Å². The molecule has 2 atom stereocenters. The quantitative estimate of drug-likeness (QED) is 0.821. The molecule has 1 aliphatic heterocycles. The summed E-state index contributed by atoms with van der Waals surface area (Å²) in [6, 6.07) is 2.81. The summed E-state index contributed by atoms with van der Waals surface area (Å²) in [6.07, 6.45) is -0.602. The van der Waals surface area contributed by atoms with Gasteiger partial charge in [0.15, 0.2) is 11.6 Å². The van der Waals surface area contributed by atoms with Crippen molar-refractivity contribution >= 4 is 22.9 Å². The number of nitrogens with two attached hydrogens (primary N) is 1. The minimum Gasteiger partial charge on any atom is -0.394 e. The standard InChI is InChI=1S/C13H16F2N2O2S/c1-7-4-17(5-8(6-18)19-7)10-3-2-9(13(16)20)11(14)12(10)15/h2-3,7-8,18H,4-6H2,1H3,(H2,16,20). The van der Waals surface area contributed by atoms with Gasteiger partial charge in [-0.1, -0.05) is 12.2 Å². The largest absolute Gasteiger partial charge is 0.394 e. The lowest BCUT2D eigenvalue weighted by Crippen LogP contribution is -2.48. The van der Waals surface area contributed by atoms with Crippen LogP contribution >= 0.6 is 12.2 Å². The summed E-state index contributed by atoms with van der Waals surface area (Å²) in [5.41, 5.74) is 5.35. The molecule has 1 fully saturated rings. The number of aliphatic hydroxyl groups is 1. The molecule has 1 aliphatic rings. The Hall–Kier alpha value is -1.31. The topological polar surface area (TPSA) is 58.7 Å². The van der Waals surface area contributed by atoms with Crippen LogP contribution in [0.3, 0.4) is 0 Å². The predicted molar refractivity (Wildman–Crippen MR) is 75.9 cm³/mol. The average Bonchev–Trinajstić information content (AvgIpc) is 2.40. The van der Waals surface area contributed by atoms with Crippen molar-refractivity contribution in [3.63, 3.8) is 0 Å². The summed E-state index contributed by atoms with van der Waals surface area (Å²) in [5.74, 6) is -2.03. The Morgan fingerprint density at radius 3 is 2.75 bits per heavy atom. The number of rotatable bonds is 3. The van der Waals surface area contributed by atoms with Crippen LogP contribution in [0.15, 0.2) is 12.1 Å². The van der Waals surface area contributed by atoms with E-state index in [9.17, 15) is 8.78 Å². The molecule has 1 heterocycles. The second kappa shape index (κ2) is 5.99. The van der Waals surface area contributed by atoms with Gasteiger partial charge in [0.25, 0.3) is 0 Å². The fourth-order valence-electron chi connectivity index (χ4n) is 2.32. The van der Waals surface area contributed by atoms with Crippen LogP contribution < -0.4 is 10.6 Å². The van der Waals surface area contributed by atoms with Crippen LogP contribution in [0.5, 0.6) is 0 Å². The Morgan fingerprint density at radius 2 is 2.15 bits per heavy atom. The maximum atomic E-state index is 14.1. The molecule has 2 unspecified atom stereocenters. The van der Waals surface area contributed by atoms with Crippen LogP contribution in [0.4, 0.5) is 14.5 Å².